The third kappa shape index (κ3) is 4.47. The van der Waals surface area contributed by atoms with Gasteiger partial charge in [0.2, 0.25) is 9.84 Å². The average Bonchev–Trinajstić information content (AvgIpc) is 3.85. The second-order valence-electron chi connectivity index (χ2n) is 13.3. The molecular formula is C46H26N2O4S. The summed E-state index contributed by atoms with van der Waals surface area (Å²) < 4.78 is 39.9. The fourth-order valence-corrected chi connectivity index (χ4v) is 9.46. The average molecular weight is 703 g/mol. The van der Waals surface area contributed by atoms with Gasteiger partial charge in [-0.05, 0) is 64.7 Å². The Hall–Kier alpha value is -6.83. The van der Waals surface area contributed by atoms with Crippen molar-refractivity contribution in [3.63, 3.8) is 0 Å². The van der Waals surface area contributed by atoms with Crippen molar-refractivity contribution in [2.75, 3.05) is 0 Å². The Labute approximate surface area is 303 Å². The van der Waals surface area contributed by atoms with E-state index >= 15 is 0 Å². The molecule has 0 bridgehead atoms. The van der Waals surface area contributed by atoms with Gasteiger partial charge in [-0.2, -0.15) is 0 Å². The first kappa shape index (κ1) is 29.9. The molecule has 10 aromatic rings. The van der Waals surface area contributed by atoms with Gasteiger partial charge in [-0.3, -0.25) is 0 Å². The Morgan fingerprint density at radius 2 is 1.11 bits per heavy atom. The molecule has 7 aromatic carbocycles. The van der Waals surface area contributed by atoms with Gasteiger partial charge in [0.1, 0.15) is 28.0 Å². The SMILES string of the molecule is O=S1(=O)c2ccccc2-c2ccc(-c3ccc4c(c3)oc3cccc(-c5nc(-c6ccccc6)c6oc7ccc(-c8ccccc8)cc7c6n5)c34)cc21. The number of benzene rings is 7. The summed E-state index contributed by atoms with van der Waals surface area (Å²) in [6.07, 6.45) is 0. The molecule has 0 unspecified atom stereocenters. The molecule has 0 atom stereocenters. The summed E-state index contributed by atoms with van der Waals surface area (Å²) in [5.74, 6) is 0.560. The highest BCUT2D eigenvalue weighted by Crippen LogP contribution is 2.45. The summed E-state index contributed by atoms with van der Waals surface area (Å²) in [5.41, 5.74) is 11.3. The van der Waals surface area contributed by atoms with Crippen molar-refractivity contribution in [2.24, 2.45) is 0 Å². The monoisotopic (exact) mass is 702 g/mol. The molecule has 7 heteroatoms. The van der Waals surface area contributed by atoms with Crippen LogP contribution in [-0.2, 0) is 9.84 Å². The number of sulfone groups is 1. The molecule has 0 spiro atoms. The van der Waals surface area contributed by atoms with Gasteiger partial charge in [0.25, 0.3) is 0 Å². The molecule has 11 rings (SSSR count). The Morgan fingerprint density at radius 3 is 1.96 bits per heavy atom. The largest absolute Gasteiger partial charge is 0.456 e. The summed E-state index contributed by atoms with van der Waals surface area (Å²) in [5, 5.41) is 2.72. The highest BCUT2D eigenvalue weighted by molar-refractivity contribution is 7.92. The second kappa shape index (κ2) is 11.1. The topological polar surface area (TPSA) is 86.2 Å². The van der Waals surface area contributed by atoms with Crippen LogP contribution < -0.4 is 0 Å². The summed E-state index contributed by atoms with van der Waals surface area (Å²) >= 11 is 0. The zero-order valence-corrected chi connectivity index (χ0v) is 28.8. The molecule has 0 N–H and O–H groups in total. The summed E-state index contributed by atoms with van der Waals surface area (Å²) in [7, 11) is -3.60. The Morgan fingerprint density at radius 1 is 0.434 bits per heavy atom. The maximum Gasteiger partial charge on any atom is 0.207 e. The zero-order valence-electron chi connectivity index (χ0n) is 27.9. The van der Waals surface area contributed by atoms with E-state index < -0.39 is 9.84 Å². The molecule has 53 heavy (non-hydrogen) atoms. The van der Waals surface area contributed by atoms with Crippen LogP contribution in [0.5, 0.6) is 0 Å². The highest BCUT2D eigenvalue weighted by Gasteiger charge is 2.33. The number of hydrogen-bond donors (Lipinski definition) is 0. The van der Waals surface area contributed by atoms with E-state index in [1.807, 2.05) is 115 Å². The third-order valence-corrected chi connectivity index (χ3v) is 12.1. The summed E-state index contributed by atoms with van der Waals surface area (Å²) in [4.78, 5) is 11.1. The van der Waals surface area contributed by atoms with Crippen LogP contribution in [0.4, 0.5) is 0 Å². The minimum absolute atomic E-state index is 0.326. The minimum Gasteiger partial charge on any atom is -0.456 e. The van der Waals surface area contributed by atoms with Gasteiger partial charge in [-0.25, -0.2) is 18.4 Å². The number of furan rings is 2. The predicted molar refractivity (Wildman–Crippen MR) is 209 cm³/mol. The molecule has 1 aliphatic heterocycles. The van der Waals surface area contributed by atoms with Gasteiger partial charge >= 0.3 is 0 Å². The molecule has 1 aliphatic rings. The Bertz CT molecular complexity index is 3240. The van der Waals surface area contributed by atoms with Crippen molar-refractivity contribution in [3.05, 3.63) is 158 Å². The molecule has 250 valence electrons. The molecule has 0 saturated carbocycles. The van der Waals surface area contributed by atoms with Crippen LogP contribution in [0.2, 0.25) is 0 Å². The number of aromatic nitrogens is 2. The lowest BCUT2D eigenvalue weighted by Crippen LogP contribution is -1.96. The van der Waals surface area contributed by atoms with Gasteiger partial charge in [0, 0.05) is 38.4 Å². The smallest absolute Gasteiger partial charge is 0.207 e. The molecule has 4 heterocycles. The highest BCUT2D eigenvalue weighted by atomic mass is 32.2. The molecule has 0 fully saturated rings. The van der Waals surface area contributed by atoms with Crippen LogP contribution in [0.3, 0.4) is 0 Å². The van der Waals surface area contributed by atoms with Crippen LogP contribution in [0.25, 0.3) is 100 Å². The molecular weight excluding hydrogens is 677 g/mol. The van der Waals surface area contributed by atoms with Crippen molar-refractivity contribution in [1.29, 1.82) is 0 Å². The van der Waals surface area contributed by atoms with Crippen molar-refractivity contribution in [3.8, 4) is 56.0 Å². The molecule has 0 radical (unpaired) electrons. The van der Waals surface area contributed by atoms with Crippen LogP contribution in [0.15, 0.2) is 176 Å². The third-order valence-electron chi connectivity index (χ3n) is 10.3. The van der Waals surface area contributed by atoms with Crippen LogP contribution in [0.1, 0.15) is 0 Å². The van der Waals surface area contributed by atoms with Gasteiger partial charge in [-0.15, -0.1) is 0 Å². The van der Waals surface area contributed by atoms with E-state index in [-0.39, 0.29) is 0 Å². The molecule has 0 aliphatic carbocycles. The first-order chi connectivity index (χ1) is 26.0. The number of rotatable bonds is 4. The first-order valence-corrected chi connectivity index (χ1v) is 18.8. The predicted octanol–water partition coefficient (Wildman–Crippen LogP) is 11.8. The number of hydrogen-bond acceptors (Lipinski definition) is 6. The Kier molecular flexibility index (Phi) is 6.24. The van der Waals surface area contributed by atoms with Crippen molar-refractivity contribution in [1.82, 2.24) is 9.97 Å². The lowest BCUT2D eigenvalue weighted by Gasteiger charge is -2.08. The number of nitrogens with zero attached hydrogens (tertiary/aromatic N) is 2. The van der Waals surface area contributed by atoms with Crippen molar-refractivity contribution in [2.45, 2.75) is 9.79 Å². The Balaban J connectivity index is 1.09. The first-order valence-electron chi connectivity index (χ1n) is 17.3. The van der Waals surface area contributed by atoms with Gasteiger partial charge in [0.05, 0.1) is 9.79 Å². The van der Waals surface area contributed by atoms with Crippen LogP contribution in [-0.4, -0.2) is 18.4 Å². The summed E-state index contributed by atoms with van der Waals surface area (Å²) in [6.45, 7) is 0. The van der Waals surface area contributed by atoms with Crippen molar-refractivity contribution < 1.29 is 17.3 Å². The molecule has 6 nitrogen and oxygen atoms in total. The van der Waals surface area contributed by atoms with Crippen LogP contribution in [0, 0.1) is 0 Å². The molecule has 0 amide bonds. The van der Waals surface area contributed by atoms with Gasteiger partial charge < -0.3 is 8.83 Å². The normalized spacial score (nSPS) is 13.2. The second-order valence-corrected chi connectivity index (χ2v) is 15.2. The summed E-state index contributed by atoms with van der Waals surface area (Å²) in [6, 6.07) is 51.3. The van der Waals surface area contributed by atoms with Crippen LogP contribution >= 0.6 is 0 Å². The maximum atomic E-state index is 13.5. The molecule has 3 aromatic heterocycles. The maximum absolute atomic E-state index is 13.5. The van der Waals surface area contributed by atoms with Crippen molar-refractivity contribution >= 4 is 53.8 Å². The lowest BCUT2D eigenvalue weighted by molar-refractivity contribution is 0.598. The zero-order chi connectivity index (χ0) is 35.3. The quantitative estimate of drug-likeness (QED) is 0.181. The standard InChI is InChI=1S/C46H26N2O4S/c49-53(50)40-17-8-7-14-32(40)33-21-18-31(26-41(33)53)30-19-22-34-39(25-30)51-38-16-9-15-35(42(34)38)46-47-43(28-12-5-2-6-13-28)45-44(48-46)36-24-29(20-23-37(36)52-45)27-10-3-1-4-11-27/h1-26H. The van der Waals surface area contributed by atoms with Gasteiger partial charge in [0.15, 0.2) is 11.4 Å². The molecule has 0 saturated heterocycles. The van der Waals surface area contributed by atoms with E-state index in [9.17, 15) is 8.42 Å². The fourth-order valence-electron chi connectivity index (χ4n) is 7.75. The van der Waals surface area contributed by atoms with E-state index in [0.717, 1.165) is 71.8 Å². The number of fused-ring (bicyclic) bond motifs is 9. The van der Waals surface area contributed by atoms with E-state index in [0.29, 0.717) is 38.1 Å². The van der Waals surface area contributed by atoms with Gasteiger partial charge in [-0.1, -0.05) is 115 Å². The van der Waals surface area contributed by atoms with E-state index in [1.54, 1.807) is 18.2 Å². The lowest BCUT2D eigenvalue weighted by atomic mass is 9.99. The fraction of sp³-hybridized carbons (Fsp3) is 0. The van der Waals surface area contributed by atoms with E-state index in [1.165, 1.54) is 0 Å². The van der Waals surface area contributed by atoms with E-state index in [4.69, 9.17) is 18.8 Å². The minimum atomic E-state index is -3.60. The van der Waals surface area contributed by atoms with E-state index in [2.05, 4.69) is 24.3 Å².